The number of hydrogen-bond donors (Lipinski definition) is 1. The predicted molar refractivity (Wildman–Crippen MR) is 72.2 cm³/mol. The molecule has 0 saturated carbocycles. The van der Waals surface area contributed by atoms with Crippen LogP contribution in [0.2, 0.25) is 0 Å². The summed E-state index contributed by atoms with van der Waals surface area (Å²) in [6, 6.07) is 3.21. The minimum atomic E-state index is -0.411. The highest BCUT2D eigenvalue weighted by Crippen LogP contribution is 2.26. The van der Waals surface area contributed by atoms with Crippen molar-refractivity contribution in [3.63, 3.8) is 0 Å². The molecule has 2 heterocycles. The van der Waals surface area contributed by atoms with Gasteiger partial charge in [-0.25, -0.2) is 4.98 Å². The SMILES string of the molecule is Cc1nc(N2CCC(C(C)O)CC2)ccc1[N+](=O)[O-]. The molecular weight excluding hydrogens is 246 g/mol. The third-order valence-corrected chi connectivity index (χ3v) is 3.79. The van der Waals surface area contributed by atoms with Crippen LogP contribution in [0.25, 0.3) is 0 Å². The fraction of sp³-hybridized carbons (Fsp3) is 0.615. The van der Waals surface area contributed by atoms with Gasteiger partial charge in [0.15, 0.2) is 0 Å². The van der Waals surface area contributed by atoms with Gasteiger partial charge < -0.3 is 10.0 Å². The average Bonchev–Trinajstić information content (AvgIpc) is 2.38. The van der Waals surface area contributed by atoms with E-state index in [1.165, 1.54) is 6.07 Å². The standard InChI is InChI=1S/C13H19N3O3/c1-9-12(16(18)19)3-4-13(14-9)15-7-5-11(6-8-15)10(2)17/h3-4,10-11,17H,5-8H2,1-2H3. The first kappa shape index (κ1) is 13.7. The molecule has 6 heteroatoms. The molecule has 0 amide bonds. The van der Waals surface area contributed by atoms with Crippen LogP contribution in [-0.4, -0.2) is 34.2 Å². The van der Waals surface area contributed by atoms with E-state index >= 15 is 0 Å². The molecule has 0 spiro atoms. The number of aliphatic hydroxyl groups excluding tert-OH is 1. The van der Waals surface area contributed by atoms with E-state index in [0.29, 0.717) is 11.6 Å². The fourth-order valence-corrected chi connectivity index (χ4v) is 2.52. The average molecular weight is 265 g/mol. The molecule has 1 aliphatic heterocycles. The van der Waals surface area contributed by atoms with Gasteiger partial charge in [-0.15, -0.1) is 0 Å². The van der Waals surface area contributed by atoms with Crippen molar-refractivity contribution >= 4 is 11.5 Å². The molecule has 1 aliphatic rings. The van der Waals surface area contributed by atoms with E-state index in [-0.39, 0.29) is 11.8 Å². The molecule has 1 unspecified atom stereocenters. The zero-order valence-corrected chi connectivity index (χ0v) is 11.2. The number of rotatable bonds is 3. The summed E-state index contributed by atoms with van der Waals surface area (Å²) in [6.45, 7) is 5.15. The zero-order valence-electron chi connectivity index (χ0n) is 11.2. The molecule has 2 rings (SSSR count). The molecule has 19 heavy (non-hydrogen) atoms. The molecule has 1 N–H and O–H groups in total. The molecule has 1 atom stereocenters. The first-order valence-electron chi connectivity index (χ1n) is 6.54. The van der Waals surface area contributed by atoms with Crippen LogP contribution in [0.15, 0.2) is 12.1 Å². The first-order valence-corrected chi connectivity index (χ1v) is 6.54. The van der Waals surface area contributed by atoms with Gasteiger partial charge in [0.1, 0.15) is 11.5 Å². The Morgan fingerprint density at radius 3 is 2.58 bits per heavy atom. The van der Waals surface area contributed by atoms with Crippen LogP contribution in [0.3, 0.4) is 0 Å². The van der Waals surface area contributed by atoms with Crippen LogP contribution in [-0.2, 0) is 0 Å². The third kappa shape index (κ3) is 3.01. The van der Waals surface area contributed by atoms with E-state index in [1.807, 2.05) is 6.92 Å². The Hall–Kier alpha value is -1.69. The summed E-state index contributed by atoms with van der Waals surface area (Å²) in [5, 5.41) is 20.3. The van der Waals surface area contributed by atoms with Crippen molar-refractivity contribution in [1.29, 1.82) is 0 Å². The Morgan fingerprint density at radius 1 is 1.47 bits per heavy atom. The lowest BCUT2D eigenvalue weighted by atomic mass is 9.92. The summed E-state index contributed by atoms with van der Waals surface area (Å²) in [5.74, 6) is 1.13. The highest BCUT2D eigenvalue weighted by atomic mass is 16.6. The van der Waals surface area contributed by atoms with E-state index < -0.39 is 4.92 Å². The number of piperidine rings is 1. The lowest BCUT2D eigenvalue weighted by Crippen LogP contribution is -2.37. The lowest BCUT2D eigenvalue weighted by Gasteiger charge is -2.34. The molecule has 0 aliphatic carbocycles. The van der Waals surface area contributed by atoms with Crippen LogP contribution < -0.4 is 4.90 Å². The van der Waals surface area contributed by atoms with Gasteiger partial charge in [-0.2, -0.15) is 0 Å². The second kappa shape index (κ2) is 5.52. The van der Waals surface area contributed by atoms with Crippen LogP contribution in [0.4, 0.5) is 11.5 Å². The minimum Gasteiger partial charge on any atom is -0.393 e. The third-order valence-electron chi connectivity index (χ3n) is 3.79. The van der Waals surface area contributed by atoms with E-state index in [1.54, 1.807) is 13.0 Å². The van der Waals surface area contributed by atoms with Crippen molar-refractivity contribution in [3.8, 4) is 0 Å². The molecule has 1 aromatic rings. The number of aliphatic hydroxyl groups is 1. The Labute approximate surface area is 112 Å². The summed E-state index contributed by atoms with van der Waals surface area (Å²) < 4.78 is 0. The van der Waals surface area contributed by atoms with Crippen LogP contribution in [0.5, 0.6) is 0 Å². The maximum Gasteiger partial charge on any atom is 0.290 e. The normalized spacial score (nSPS) is 18.4. The summed E-state index contributed by atoms with van der Waals surface area (Å²) in [5.41, 5.74) is 0.503. The van der Waals surface area contributed by atoms with Gasteiger partial charge in [-0.1, -0.05) is 0 Å². The molecule has 104 valence electrons. The molecule has 1 fully saturated rings. The van der Waals surface area contributed by atoms with Crippen molar-refractivity contribution in [2.75, 3.05) is 18.0 Å². The van der Waals surface area contributed by atoms with E-state index in [2.05, 4.69) is 9.88 Å². The van der Waals surface area contributed by atoms with Gasteiger partial charge in [0.05, 0.1) is 11.0 Å². The number of nitrogens with zero attached hydrogens (tertiary/aromatic N) is 3. The zero-order chi connectivity index (χ0) is 14.0. The van der Waals surface area contributed by atoms with E-state index in [4.69, 9.17) is 0 Å². The Morgan fingerprint density at radius 2 is 2.11 bits per heavy atom. The van der Waals surface area contributed by atoms with E-state index in [0.717, 1.165) is 31.7 Å². The number of pyridine rings is 1. The van der Waals surface area contributed by atoms with Crippen molar-refractivity contribution < 1.29 is 10.0 Å². The Kier molecular flexibility index (Phi) is 3.99. The number of aromatic nitrogens is 1. The largest absolute Gasteiger partial charge is 0.393 e. The van der Waals surface area contributed by atoms with Gasteiger partial charge in [0, 0.05) is 19.2 Å². The molecule has 0 radical (unpaired) electrons. The quantitative estimate of drug-likeness (QED) is 0.667. The maximum absolute atomic E-state index is 10.8. The second-order valence-electron chi connectivity index (χ2n) is 5.10. The van der Waals surface area contributed by atoms with Crippen molar-refractivity contribution in [3.05, 3.63) is 27.9 Å². The lowest BCUT2D eigenvalue weighted by molar-refractivity contribution is -0.385. The molecule has 1 aromatic heterocycles. The summed E-state index contributed by atoms with van der Waals surface area (Å²) in [7, 11) is 0. The summed E-state index contributed by atoms with van der Waals surface area (Å²) >= 11 is 0. The van der Waals surface area contributed by atoms with Gasteiger partial charge >= 0.3 is 0 Å². The number of anilines is 1. The first-order chi connectivity index (χ1) is 8.99. The maximum atomic E-state index is 10.8. The van der Waals surface area contributed by atoms with Crippen molar-refractivity contribution in [1.82, 2.24) is 4.98 Å². The second-order valence-corrected chi connectivity index (χ2v) is 5.10. The van der Waals surface area contributed by atoms with Crippen molar-refractivity contribution in [2.45, 2.75) is 32.8 Å². The van der Waals surface area contributed by atoms with E-state index in [9.17, 15) is 15.2 Å². The van der Waals surface area contributed by atoms with Crippen LogP contribution in [0, 0.1) is 23.0 Å². The van der Waals surface area contributed by atoms with Gasteiger partial charge in [0.25, 0.3) is 5.69 Å². The van der Waals surface area contributed by atoms with Crippen LogP contribution in [0.1, 0.15) is 25.5 Å². The molecular formula is C13H19N3O3. The minimum absolute atomic E-state index is 0.0580. The van der Waals surface area contributed by atoms with Gasteiger partial charge in [0.2, 0.25) is 0 Å². The van der Waals surface area contributed by atoms with Crippen LogP contribution >= 0.6 is 0 Å². The Balaban J connectivity index is 2.08. The van der Waals surface area contributed by atoms with Gasteiger partial charge in [-0.05, 0) is 38.7 Å². The summed E-state index contributed by atoms with van der Waals surface area (Å²) in [4.78, 5) is 16.8. The smallest absolute Gasteiger partial charge is 0.290 e. The summed E-state index contributed by atoms with van der Waals surface area (Å²) in [6.07, 6.45) is 1.58. The van der Waals surface area contributed by atoms with Gasteiger partial charge in [-0.3, -0.25) is 10.1 Å². The Bertz CT molecular complexity index is 468. The highest BCUT2D eigenvalue weighted by Gasteiger charge is 2.24. The molecule has 0 bridgehead atoms. The molecule has 0 aromatic carbocycles. The number of hydrogen-bond acceptors (Lipinski definition) is 5. The monoisotopic (exact) mass is 265 g/mol. The fourth-order valence-electron chi connectivity index (χ4n) is 2.52. The number of nitro groups is 1. The molecule has 1 saturated heterocycles. The topological polar surface area (TPSA) is 79.5 Å². The molecule has 6 nitrogen and oxygen atoms in total. The number of aryl methyl sites for hydroxylation is 1. The predicted octanol–water partition coefficient (Wildman–Crippen LogP) is 1.90. The highest BCUT2D eigenvalue weighted by molar-refractivity contribution is 5.47. The van der Waals surface area contributed by atoms with Crippen molar-refractivity contribution in [2.24, 2.45) is 5.92 Å².